The zero-order valence-corrected chi connectivity index (χ0v) is 9.86. The monoisotopic (exact) mass is 310 g/mol. The Morgan fingerprint density at radius 1 is 1.33 bits per heavy atom. The summed E-state index contributed by atoms with van der Waals surface area (Å²) in [6.45, 7) is 0. The van der Waals surface area contributed by atoms with Gasteiger partial charge < -0.3 is 0 Å². The molecule has 0 radical (unpaired) electrons. The van der Waals surface area contributed by atoms with Crippen LogP contribution in [0.1, 0.15) is 10.4 Å². The van der Waals surface area contributed by atoms with Gasteiger partial charge in [0.25, 0.3) is 0 Å². The summed E-state index contributed by atoms with van der Waals surface area (Å²) in [5.74, 6) is 0. The van der Waals surface area contributed by atoms with Gasteiger partial charge in [-0.3, -0.25) is 4.79 Å². The first kappa shape index (κ1) is 10.2. The predicted molar refractivity (Wildman–Crippen MR) is 57.1 cm³/mol. The van der Waals surface area contributed by atoms with Crippen molar-refractivity contribution in [2.75, 3.05) is 0 Å². The smallest absolute Gasteiger partial charge is 0.215 e. The molecule has 0 aliphatic rings. The van der Waals surface area contributed by atoms with Crippen LogP contribution in [0, 0.1) is 0 Å². The highest BCUT2D eigenvalue weighted by atomic mass is 79.9. The molecule has 4 heteroatoms. The molecule has 0 spiro atoms. The van der Waals surface area contributed by atoms with Crippen molar-refractivity contribution in [3.05, 3.63) is 34.9 Å². The number of hydrogen-bond acceptors (Lipinski definition) is 1. The van der Waals surface area contributed by atoms with E-state index < -0.39 is 0 Å². The third-order valence-corrected chi connectivity index (χ3v) is 3.63. The Balaban J connectivity index is 2.89. The number of rotatable bonds is 2. The van der Waals surface area contributed by atoms with Crippen LogP contribution in [0.5, 0.6) is 0 Å². The van der Waals surface area contributed by atoms with Crippen molar-refractivity contribution in [2.45, 2.75) is 4.83 Å². The average Bonchev–Trinajstić information content (AvgIpc) is 2.04. The van der Waals surface area contributed by atoms with Crippen molar-refractivity contribution in [2.24, 2.45) is 0 Å². The SMILES string of the molecule is O=C(Br)C(Br)c1ccc(Cl)cc1. The van der Waals surface area contributed by atoms with Gasteiger partial charge in [0.1, 0.15) is 4.83 Å². The normalized spacial score (nSPS) is 12.6. The quantitative estimate of drug-likeness (QED) is 0.601. The molecule has 1 rings (SSSR count). The number of hydrogen-bond donors (Lipinski definition) is 0. The summed E-state index contributed by atoms with van der Waals surface area (Å²) in [6, 6.07) is 7.12. The Hall–Kier alpha value is 0.140. The molecule has 0 fully saturated rings. The summed E-state index contributed by atoms with van der Waals surface area (Å²) in [6.07, 6.45) is 0. The second-order valence-corrected chi connectivity index (χ2v) is 4.35. The van der Waals surface area contributed by atoms with Crippen molar-refractivity contribution in [3.8, 4) is 0 Å². The van der Waals surface area contributed by atoms with E-state index in [1.807, 2.05) is 0 Å². The van der Waals surface area contributed by atoms with Crippen LogP contribution in [0.2, 0.25) is 5.02 Å². The fourth-order valence-electron chi connectivity index (χ4n) is 0.763. The van der Waals surface area contributed by atoms with E-state index in [2.05, 4.69) is 31.9 Å². The third-order valence-electron chi connectivity index (χ3n) is 1.36. The fraction of sp³-hybridized carbons (Fsp3) is 0.125. The van der Waals surface area contributed by atoms with Crippen LogP contribution in [-0.2, 0) is 4.79 Å². The zero-order valence-electron chi connectivity index (χ0n) is 5.93. The average molecular weight is 312 g/mol. The first-order chi connectivity index (χ1) is 5.61. The highest BCUT2D eigenvalue weighted by Crippen LogP contribution is 2.26. The number of carbonyl (C=O) groups excluding carboxylic acids is 1. The fourth-order valence-corrected chi connectivity index (χ4v) is 1.46. The highest BCUT2D eigenvalue weighted by Gasteiger charge is 2.13. The van der Waals surface area contributed by atoms with E-state index in [9.17, 15) is 4.79 Å². The van der Waals surface area contributed by atoms with Crippen molar-refractivity contribution in [1.82, 2.24) is 0 Å². The van der Waals surface area contributed by atoms with Gasteiger partial charge in [-0.05, 0) is 33.6 Å². The van der Waals surface area contributed by atoms with Gasteiger partial charge in [-0.25, -0.2) is 0 Å². The van der Waals surface area contributed by atoms with Crippen molar-refractivity contribution in [1.29, 1.82) is 0 Å². The molecule has 0 aliphatic heterocycles. The first-order valence-electron chi connectivity index (χ1n) is 3.20. The number of benzene rings is 1. The van der Waals surface area contributed by atoms with E-state index in [0.717, 1.165) is 5.56 Å². The van der Waals surface area contributed by atoms with Crippen molar-refractivity contribution in [3.63, 3.8) is 0 Å². The first-order valence-corrected chi connectivity index (χ1v) is 5.29. The van der Waals surface area contributed by atoms with E-state index >= 15 is 0 Å². The van der Waals surface area contributed by atoms with Gasteiger partial charge in [-0.15, -0.1) is 0 Å². The molecule has 1 unspecified atom stereocenters. The van der Waals surface area contributed by atoms with Crippen LogP contribution in [0.15, 0.2) is 24.3 Å². The zero-order chi connectivity index (χ0) is 9.14. The van der Waals surface area contributed by atoms with Crippen LogP contribution in [0.4, 0.5) is 0 Å². The van der Waals surface area contributed by atoms with E-state index in [-0.39, 0.29) is 9.52 Å². The molecule has 0 N–H and O–H groups in total. The minimum Gasteiger partial charge on any atom is -0.285 e. The van der Waals surface area contributed by atoms with Crippen molar-refractivity contribution >= 4 is 48.2 Å². The summed E-state index contributed by atoms with van der Waals surface area (Å²) in [5, 5.41) is 0.667. The molecule has 1 nitrogen and oxygen atoms in total. The van der Waals surface area contributed by atoms with Crippen LogP contribution in [0.25, 0.3) is 0 Å². The summed E-state index contributed by atoms with van der Waals surface area (Å²) in [7, 11) is 0. The van der Waals surface area contributed by atoms with Crippen LogP contribution < -0.4 is 0 Å². The summed E-state index contributed by atoms with van der Waals surface area (Å²) < 4.78 is -0.0928. The lowest BCUT2D eigenvalue weighted by atomic mass is 10.2. The van der Waals surface area contributed by atoms with Crippen molar-refractivity contribution < 1.29 is 4.79 Å². The molecule has 1 aromatic rings. The molecule has 0 saturated heterocycles. The van der Waals surface area contributed by atoms with Gasteiger partial charge in [0.15, 0.2) is 0 Å². The summed E-state index contributed by atoms with van der Waals surface area (Å²) in [5.41, 5.74) is 0.890. The molecular formula is C8H5Br2ClO. The van der Waals surface area contributed by atoms with Gasteiger partial charge in [0.05, 0.1) is 0 Å². The Morgan fingerprint density at radius 3 is 2.25 bits per heavy atom. The van der Waals surface area contributed by atoms with Gasteiger partial charge in [-0.2, -0.15) is 0 Å². The lowest BCUT2D eigenvalue weighted by Crippen LogP contribution is -1.96. The molecule has 0 saturated carbocycles. The molecule has 0 aromatic heterocycles. The maximum Gasteiger partial charge on any atom is 0.215 e. The summed E-state index contributed by atoms with van der Waals surface area (Å²) >= 11 is 11.8. The Morgan fingerprint density at radius 2 is 1.83 bits per heavy atom. The largest absolute Gasteiger partial charge is 0.285 e. The lowest BCUT2D eigenvalue weighted by molar-refractivity contribution is -0.109. The number of alkyl halides is 1. The Bertz CT molecular complexity index is 284. The maximum atomic E-state index is 10.9. The molecule has 0 aliphatic carbocycles. The minimum atomic E-state index is -0.297. The molecule has 1 atom stereocenters. The van der Waals surface area contributed by atoms with Crippen LogP contribution >= 0.6 is 43.5 Å². The molecule has 0 bridgehead atoms. The second-order valence-electron chi connectivity index (χ2n) is 2.22. The standard InChI is InChI=1S/C8H5Br2ClO/c9-7(8(10)12)5-1-3-6(11)4-2-5/h1-4,7H. The van der Waals surface area contributed by atoms with Gasteiger partial charge in [0, 0.05) is 5.02 Å². The number of halogens is 3. The van der Waals surface area contributed by atoms with E-state index in [0.29, 0.717) is 5.02 Å². The third kappa shape index (κ3) is 2.57. The summed E-state index contributed by atoms with van der Waals surface area (Å²) in [4.78, 5) is 10.6. The van der Waals surface area contributed by atoms with Gasteiger partial charge in [-0.1, -0.05) is 39.7 Å². The molecule has 0 heterocycles. The van der Waals surface area contributed by atoms with Gasteiger partial charge in [0.2, 0.25) is 4.69 Å². The maximum absolute atomic E-state index is 10.9. The minimum absolute atomic E-state index is 0.0928. The Kier molecular flexibility index (Phi) is 3.75. The lowest BCUT2D eigenvalue weighted by Gasteiger charge is -2.03. The van der Waals surface area contributed by atoms with E-state index in [1.54, 1.807) is 24.3 Å². The van der Waals surface area contributed by atoms with E-state index in [1.165, 1.54) is 0 Å². The molecular weight excluding hydrogens is 307 g/mol. The Labute approximate surface area is 92.4 Å². The molecule has 12 heavy (non-hydrogen) atoms. The van der Waals surface area contributed by atoms with E-state index in [4.69, 9.17) is 11.6 Å². The molecule has 64 valence electrons. The second kappa shape index (κ2) is 4.40. The highest BCUT2D eigenvalue weighted by molar-refractivity contribution is 9.19. The van der Waals surface area contributed by atoms with Crippen LogP contribution in [0.3, 0.4) is 0 Å². The van der Waals surface area contributed by atoms with Crippen LogP contribution in [-0.4, -0.2) is 4.69 Å². The van der Waals surface area contributed by atoms with Gasteiger partial charge >= 0.3 is 0 Å². The predicted octanol–water partition coefficient (Wildman–Crippen LogP) is 3.70. The number of carbonyl (C=O) groups is 1. The molecule has 0 amide bonds. The molecule has 1 aromatic carbocycles. The topological polar surface area (TPSA) is 17.1 Å².